The number of nitrogens with zero attached hydrogens (tertiary/aromatic N) is 2. The number of aromatic hydroxyl groups is 1. The number of rotatable bonds is 5. The minimum Gasteiger partial charge on any atom is -0.507 e. The molecule has 8 heteroatoms. The number of aliphatic hydroxyl groups is 1. The summed E-state index contributed by atoms with van der Waals surface area (Å²) in [6, 6.07) is 11.7. The van der Waals surface area contributed by atoms with Crippen LogP contribution in [0, 0.1) is 10.1 Å². The minimum absolute atomic E-state index is 0.0636. The molecule has 1 amide bonds. The van der Waals surface area contributed by atoms with Crippen LogP contribution in [0.3, 0.4) is 0 Å². The largest absolute Gasteiger partial charge is 0.507 e. The molecule has 3 N–H and O–H groups in total. The SMILES string of the molecule is O=C(N/N=C\c1cc([N+](=O)[O-])ccc1O)[C@@H](O)c1ccccc1. The smallest absolute Gasteiger partial charge is 0.273 e. The fourth-order valence-electron chi connectivity index (χ4n) is 1.77. The van der Waals surface area contributed by atoms with Gasteiger partial charge in [0.1, 0.15) is 5.75 Å². The van der Waals surface area contributed by atoms with Crippen molar-refractivity contribution in [2.24, 2.45) is 5.10 Å². The molecule has 0 saturated carbocycles. The van der Waals surface area contributed by atoms with Gasteiger partial charge in [0.2, 0.25) is 0 Å². The van der Waals surface area contributed by atoms with Crippen LogP contribution in [0.1, 0.15) is 17.2 Å². The summed E-state index contributed by atoms with van der Waals surface area (Å²) in [7, 11) is 0. The summed E-state index contributed by atoms with van der Waals surface area (Å²) in [4.78, 5) is 21.8. The van der Waals surface area contributed by atoms with E-state index in [4.69, 9.17) is 0 Å². The summed E-state index contributed by atoms with van der Waals surface area (Å²) in [6.07, 6.45) is -0.343. The molecule has 0 aliphatic carbocycles. The first-order valence-electron chi connectivity index (χ1n) is 6.52. The van der Waals surface area contributed by atoms with Crippen LogP contribution in [0.25, 0.3) is 0 Å². The number of phenolic OH excluding ortho intramolecular Hbond substituents is 1. The molecule has 0 saturated heterocycles. The van der Waals surface area contributed by atoms with E-state index in [-0.39, 0.29) is 17.0 Å². The Hall–Kier alpha value is -3.26. The number of nitro benzene ring substituents is 1. The maximum Gasteiger partial charge on any atom is 0.273 e. The van der Waals surface area contributed by atoms with Gasteiger partial charge in [-0.2, -0.15) is 5.10 Å². The molecular weight excluding hydrogens is 302 g/mol. The molecule has 0 aliphatic rings. The first-order valence-corrected chi connectivity index (χ1v) is 6.52. The lowest BCUT2D eigenvalue weighted by molar-refractivity contribution is -0.384. The van der Waals surface area contributed by atoms with E-state index < -0.39 is 16.9 Å². The normalized spacial score (nSPS) is 12.0. The highest BCUT2D eigenvalue weighted by atomic mass is 16.6. The van der Waals surface area contributed by atoms with Gasteiger partial charge in [-0.3, -0.25) is 14.9 Å². The molecule has 0 aliphatic heterocycles. The van der Waals surface area contributed by atoms with Crippen molar-refractivity contribution in [2.75, 3.05) is 0 Å². The predicted octanol–water partition coefficient (Wildman–Crippen LogP) is 1.48. The second-order valence-corrected chi connectivity index (χ2v) is 4.55. The average molecular weight is 315 g/mol. The standard InChI is InChI=1S/C15H13N3O5/c19-13-7-6-12(18(22)23)8-11(13)9-16-17-15(21)14(20)10-4-2-1-3-5-10/h1-9,14,19-20H,(H,17,21)/b16-9-/t14-/m0/s1. The van der Waals surface area contributed by atoms with Crippen molar-refractivity contribution >= 4 is 17.8 Å². The van der Waals surface area contributed by atoms with E-state index in [1.807, 2.05) is 0 Å². The van der Waals surface area contributed by atoms with Gasteiger partial charge >= 0.3 is 0 Å². The Balaban J connectivity index is 2.05. The fraction of sp³-hybridized carbons (Fsp3) is 0.0667. The third-order valence-electron chi connectivity index (χ3n) is 2.96. The number of hydrogen-bond acceptors (Lipinski definition) is 6. The first-order chi connectivity index (χ1) is 11.0. The molecule has 0 unspecified atom stereocenters. The summed E-state index contributed by atoms with van der Waals surface area (Å²) >= 11 is 0. The Labute approximate surface area is 130 Å². The van der Waals surface area contributed by atoms with Crippen molar-refractivity contribution in [2.45, 2.75) is 6.10 Å². The van der Waals surface area contributed by atoms with Crippen LogP contribution in [0.15, 0.2) is 53.6 Å². The van der Waals surface area contributed by atoms with E-state index in [0.717, 1.165) is 24.4 Å². The molecule has 2 rings (SSSR count). The van der Waals surface area contributed by atoms with Gasteiger partial charge < -0.3 is 10.2 Å². The average Bonchev–Trinajstić information content (AvgIpc) is 2.56. The molecule has 0 bridgehead atoms. The zero-order valence-corrected chi connectivity index (χ0v) is 11.8. The number of benzene rings is 2. The van der Waals surface area contributed by atoms with Crippen molar-refractivity contribution in [3.05, 3.63) is 69.8 Å². The molecule has 1 atom stereocenters. The summed E-state index contributed by atoms with van der Waals surface area (Å²) in [5.41, 5.74) is 2.35. The van der Waals surface area contributed by atoms with Crippen molar-refractivity contribution < 1.29 is 19.9 Å². The van der Waals surface area contributed by atoms with Crippen LogP contribution in [0.2, 0.25) is 0 Å². The Bertz CT molecular complexity index is 746. The number of hydrazone groups is 1. The zero-order valence-electron chi connectivity index (χ0n) is 11.8. The van der Waals surface area contributed by atoms with Gasteiger partial charge in [0.15, 0.2) is 6.10 Å². The third-order valence-corrected chi connectivity index (χ3v) is 2.96. The number of aliphatic hydroxyl groups excluding tert-OH is 1. The number of nitro groups is 1. The minimum atomic E-state index is -1.40. The van der Waals surface area contributed by atoms with Crippen LogP contribution in [-0.4, -0.2) is 27.3 Å². The quantitative estimate of drug-likeness (QED) is 0.438. The van der Waals surface area contributed by atoms with E-state index in [2.05, 4.69) is 10.5 Å². The van der Waals surface area contributed by atoms with Crippen LogP contribution in [0.5, 0.6) is 5.75 Å². The van der Waals surface area contributed by atoms with Gasteiger partial charge in [0.05, 0.1) is 11.1 Å². The van der Waals surface area contributed by atoms with E-state index in [9.17, 15) is 25.1 Å². The number of phenols is 1. The van der Waals surface area contributed by atoms with E-state index >= 15 is 0 Å². The van der Waals surface area contributed by atoms with Gasteiger partial charge in [-0.05, 0) is 11.6 Å². The lowest BCUT2D eigenvalue weighted by atomic mass is 10.1. The van der Waals surface area contributed by atoms with Gasteiger partial charge in [0.25, 0.3) is 11.6 Å². The van der Waals surface area contributed by atoms with E-state index in [1.165, 1.54) is 0 Å². The van der Waals surface area contributed by atoms with Crippen molar-refractivity contribution in [1.29, 1.82) is 0 Å². The van der Waals surface area contributed by atoms with Crippen molar-refractivity contribution in [1.82, 2.24) is 5.43 Å². The van der Waals surface area contributed by atoms with Crippen LogP contribution in [0.4, 0.5) is 5.69 Å². The number of nitrogens with one attached hydrogen (secondary N) is 1. The maximum atomic E-state index is 11.7. The lowest BCUT2D eigenvalue weighted by Crippen LogP contribution is -2.25. The Morgan fingerprint density at radius 1 is 1.26 bits per heavy atom. The summed E-state index contributed by atoms with van der Waals surface area (Å²) in [6.45, 7) is 0. The highest BCUT2D eigenvalue weighted by molar-refractivity contribution is 5.87. The number of carbonyl (C=O) groups excluding carboxylic acids is 1. The molecule has 2 aromatic carbocycles. The van der Waals surface area contributed by atoms with Gasteiger partial charge in [0, 0.05) is 17.7 Å². The maximum absolute atomic E-state index is 11.7. The second-order valence-electron chi connectivity index (χ2n) is 4.55. The Kier molecular flexibility index (Phi) is 5.00. The molecule has 0 fully saturated rings. The monoisotopic (exact) mass is 315 g/mol. The van der Waals surface area contributed by atoms with Crippen molar-refractivity contribution in [3.8, 4) is 5.75 Å². The number of non-ortho nitro benzene ring substituents is 1. The molecule has 0 aromatic heterocycles. The lowest BCUT2D eigenvalue weighted by Gasteiger charge is -2.08. The molecule has 118 valence electrons. The van der Waals surface area contributed by atoms with Crippen LogP contribution >= 0.6 is 0 Å². The fourth-order valence-corrected chi connectivity index (χ4v) is 1.77. The highest BCUT2D eigenvalue weighted by Crippen LogP contribution is 2.21. The highest BCUT2D eigenvalue weighted by Gasteiger charge is 2.16. The molecule has 0 radical (unpaired) electrons. The Morgan fingerprint density at radius 3 is 2.61 bits per heavy atom. The number of hydrogen-bond donors (Lipinski definition) is 3. The van der Waals surface area contributed by atoms with Crippen LogP contribution in [-0.2, 0) is 4.79 Å². The van der Waals surface area contributed by atoms with E-state index in [1.54, 1.807) is 30.3 Å². The van der Waals surface area contributed by atoms with Gasteiger partial charge in [-0.25, -0.2) is 5.43 Å². The molecule has 23 heavy (non-hydrogen) atoms. The molecule has 2 aromatic rings. The molecule has 8 nitrogen and oxygen atoms in total. The number of carbonyl (C=O) groups is 1. The third kappa shape index (κ3) is 4.11. The number of amides is 1. The Morgan fingerprint density at radius 2 is 1.96 bits per heavy atom. The second kappa shape index (κ2) is 7.14. The topological polar surface area (TPSA) is 125 Å². The summed E-state index contributed by atoms with van der Waals surface area (Å²) in [5.74, 6) is -0.991. The molecule has 0 spiro atoms. The van der Waals surface area contributed by atoms with Crippen molar-refractivity contribution in [3.63, 3.8) is 0 Å². The molecular formula is C15H13N3O5. The van der Waals surface area contributed by atoms with Gasteiger partial charge in [-0.15, -0.1) is 0 Å². The molecule has 0 heterocycles. The van der Waals surface area contributed by atoms with Crippen LogP contribution < -0.4 is 5.43 Å². The zero-order chi connectivity index (χ0) is 16.8. The first kappa shape index (κ1) is 16.1. The summed E-state index contributed by atoms with van der Waals surface area (Å²) < 4.78 is 0. The summed E-state index contributed by atoms with van der Waals surface area (Å²) in [5, 5.41) is 33.7. The van der Waals surface area contributed by atoms with E-state index in [0.29, 0.717) is 5.56 Å². The predicted molar refractivity (Wildman–Crippen MR) is 81.9 cm³/mol. The van der Waals surface area contributed by atoms with Gasteiger partial charge in [-0.1, -0.05) is 30.3 Å².